The molecule has 2 N–H and O–H groups in total. The largest absolute Gasteiger partial charge is 0.379 e. The van der Waals surface area contributed by atoms with Gasteiger partial charge in [0.1, 0.15) is 17.9 Å². The van der Waals surface area contributed by atoms with Crippen LogP contribution in [0.15, 0.2) is 48.5 Å². The van der Waals surface area contributed by atoms with E-state index in [9.17, 15) is 14.0 Å². The standard InChI is InChI=1S/C18H26N4O.C7H5FO.C5H12O/c1-13-6-8-15(20-12-23)10-14(13)7-9-16-11-17(19-5)21-22(16)18(2,3)4;8-7-3-1-6(5-9)2-4-7;1-5(2,3)6-4/h6,8,10-12H,7,9H2,1-5H3,(H,19,21)(H,20,23);1-5H;1-4H3. The Bertz CT molecular complexity index is 1140. The highest BCUT2D eigenvalue weighted by Gasteiger charge is 2.19. The highest BCUT2D eigenvalue weighted by molar-refractivity contribution is 5.74. The first-order valence-electron chi connectivity index (χ1n) is 12.6. The number of carbonyl (C=O) groups excluding carboxylic acids is 2. The molecule has 0 aliphatic heterocycles. The molecule has 0 aliphatic carbocycles. The fraction of sp³-hybridized carbons (Fsp3) is 0.433. The van der Waals surface area contributed by atoms with Crippen molar-refractivity contribution in [3.63, 3.8) is 0 Å². The summed E-state index contributed by atoms with van der Waals surface area (Å²) in [4.78, 5) is 20.6. The van der Waals surface area contributed by atoms with Crippen LogP contribution in [0, 0.1) is 12.7 Å². The van der Waals surface area contributed by atoms with Crippen LogP contribution in [0.4, 0.5) is 15.9 Å². The summed E-state index contributed by atoms with van der Waals surface area (Å²) in [5, 5.41) is 10.5. The van der Waals surface area contributed by atoms with E-state index in [2.05, 4.69) is 54.2 Å². The van der Waals surface area contributed by atoms with Crippen LogP contribution < -0.4 is 10.6 Å². The second-order valence-corrected chi connectivity index (χ2v) is 10.7. The lowest BCUT2D eigenvalue weighted by atomic mass is 10.0. The van der Waals surface area contributed by atoms with E-state index in [1.54, 1.807) is 7.11 Å². The molecule has 0 radical (unpaired) electrons. The molecule has 0 fully saturated rings. The molecular weight excluding hydrogens is 483 g/mol. The minimum Gasteiger partial charge on any atom is -0.379 e. The van der Waals surface area contributed by atoms with Crippen LogP contribution in [0.25, 0.3) is 0 Å². The van der Waals surface area contributed by atoms with E-state index in [4.69, 9.17) is 4.74 Å². The molecule has 38 heavy (non-hydrogen) atoms. The van der Waals surface area contributed by atoms with Crippen molar-refractivity contribution in [1.82, 2.24) is 9.78 Å². The van der Waals surface area contributed by atoms with Gasteiger partial charge in [0.2, 0.25) is 6.41 Å². The van der Waals surface area contributed by atoms with E-state index in [-0.39, 0.29) is 17.0 Å². The maximum Gasteiger partial charge on any atom is 0.211 e. The van der Waals surface area contributed by atoms with Crippen molar-refractivity contribution in [3.05, 3.63) is 76.7 Å². The molecule has 1 amide bonds. The Hall–Kier alpha value is -3.52. The first-order valence-corrected chi connectivity index (χ1v) is 12.6. The van der Waals surface area contributed by atoms with Crippen LogP contribution in [0.1, 0.15) is 68.7 Å². The highest BCUT2D eigenvalue weighted by Crippen LogP contribution is 2.22. The molecule has 7 nitrogen and oxygen atoms in total. The zero-order chi connectivity index (χ0) is 28.9. The summed E-state index contributed by atoms with van der Waals surface area (Å²) in [5.41, 5.74) is 4.99. The third kappa shape index (κ3) is 11.7. The molecule has 1 aromatic heterocycles. The molecule has 0 unspecified atom stereocenters. The van der Waals surface area contributed by atoms with Gasteiger partial charge in [0.25, 0.3) is 0 Å². The molecule has 0 saturated carbocycles. The van der Waals surface area contributed by atoms with Crippen LogP contribution in [-0.2, 0) is 27.9 Å². The summed E-state index contributed by atoms with van der Waals surface area (Å²) >= 11 is 0. The first-order chi connectivity index (χ1) is 17.7. The number of carbonyl (C=O) groups is 2. The number of halogens is 1. The Balaban J connectivity index is 0.000000393. The minimum atomic E-state index is -0.319. The summed E-state index contributed by atoms with van der Waals surface area (Å²) in [6, 6.07) is 13.5. The summed E-state index contributed by atoms with van der Waals surface area (Å²) in [6.45, 7) is 14.6. The SMILES string of the molecule is CNc1cc(CCc2cc(NC=O)ccc2C)n(C(C)(C)C)n1.COC(C)(C)C.O=Cc1ccc(F)cc1. The van der Waals surface area contributed by atoms with Gasteiger partial charge < -0.3 is 15.4 Å². The Morgan fingerprint density at radius 1 is 0.974 bits per heavy atom. The van der Waals surface area contributed by atoms with Crippen molar-refractivity contribution in [3.8, 4) is 0 Å². The molecule has 208 valence electrons. The lowest BCUT2D eigenvalue weighted by Crippen LogP contribution is -2.25. The second-order valence-electron chi connectivity index (χ2n) is 10.7. The van der Waals surface area contributed by atoms with Crippen LogP contribution in [-0.4, -0.2) is 42.2 Å². The van der Waals surface area contributed by atoms with Gasteiger partial charge in [-0.2, -0.15) is 5.10 Å². The molecule has 0 atom stereocenters. The smallest absolute Gasteiger partial charge is 0.211 e. The fourth-order valence-corrected chi connectivity index (χ4v) is 3.20. The topological polar surface area (TPSA) is 85.2 Å². The van der Waals surface area contributed by atoms with E-state index >= 15 is 0 Å². The average molecular weight is 527 g/mol. The van der Waals surface area contributed by atoms with Gasteiger partial charge in [-0.1, -0.05) is 6.07 Å². The lowest BCUT2D eigenvalue weighted by Gasteiger charge is -2.22. The lowest BCUT2D eigenvalue weighted by molar-refractivity contribution is -0.105. The van der Waals surface area contributed by atoms with Crippen molar-refractivity contribution >= 4 is 24.2 Å². The molecule has 3 rings (SSSR count). The van der Waals surface area contributed by atoms with E-state index in [0.717, 1.165) is 24.3 Å². The van der Waals surface area contributed by atoms with Gasteiger partial charge in [-0.15, -0.1) is 0 Å². The van der Waals surface area contributed by atoms with Gasteiger partial charge in [-0.3, -0.25) is 14.3 Å². The molecule has 0 spiro atoms. The van der Waals surface area contributed by atoms with Crippen molar-refractivity contribution < 1.29 is 18.7 Å². The molecule has 0 saturated heterocycles. The molecule has 2 aromatic carbocycles. The molecule has 8 heteroatoms. The summed E-state index contributed by atoms with van der Waals surface area (Å²) in [5.74, 6) is 0.573. The van der Waals surface area contributed by atoms with Gasteiger partial charge >= 0.3 is 0 Å². The number of amides is 1. The van der Waals surface area contributed by atoms with Crippen molar-refractivity contribution in [1.29, 1.82) is 0 Å². The number of hydrogen-bond acceptors (Lipinski definition) is 5. The summed E-state index contributed by atoms with van der Waals surface area (Å²) in [7, 11) is 3.60. The van der Waals surface area contributed by atoms with Crippen molar-refractivity contribution in [2.45, 2.75) is 72.4 Å². The van der Waals surface area contributed by atoms with Gasteiger partial charge in [0.05, 0.1) is 11.1 Å². The highest BCUT2D eigenvalue weighted by atomic mass is 19.1. The number of methoxy groups -OCH3 is 1. The predicted molar refractivity (Wildman–Crippen MR) is 154 cm³/mol. The maximum absolute atomic E-state index is 12.1. The number of nitrogens with one attached hydrogen (secondary N) is 2. The number of hydrogen-bond donors (Lipinski definition) is 2. The number of aryl methyl sites for hydroxylation is 3. The van der Waals surface area contributed by atoms with E-state index in [0.29, 0.717) is 18.3 Å². The summed E-state index contributed by atoms with van der Waals surface area (Å²) in [6.07, 6.45) is 3.20. The number of ether oxygens (including phenoxy) is 1. The van der Waals surface area contributed by atoms with Crippen LogP contribution in [0.5, 0.6) is 0 Å². The number of aldehydes is 1. The summed E-state index contributed by atoms with van der Waals surface area (Å²) < 4.78 is 19.1. The second kappa shape index (κ2) is 15.0. The Morgan fingerprint density at radius 2 is 1.58 bits per heavy atom. The predicted octanol–water partition coefficient (Wildman–Crippen LogP) is 6.41. The van der Waals surface area contributed by atoms with Gasteiger partial charge in [-0.25, -0.2) is 4.39 Å². The van der Waals surface area contributed by atoms with Crippen molar-refractivity contribution in [2.24, 2.45) is 0 Å². The van der Waals surface area contributed by atoms with Gasteiger partial charge in [0.15, 0.2) is 0 Å². The number of aromatic nitrogens is 2. The third-order valence-electron chi connectivity index (χ3n) is 5.52. The van der Waals surface area contributed by atoms with E-state index in [1.807, 2.05) is 46.0 Å². The van der Waals surface area contributed by atoms with E-state index in [1.165, 1.54) is 41.1 Å². The zero-order valence-corrected chi connectivity index (χ0v) is 24.2. The monoisotopic (exact) mass is 526 g/mol. The number of nitrogens with zero attached hydrogens (tertiary/aromatic N) is 2. The minimum absolute atomic E-state index is 0.0417. The van der Waals surface area contributed by atoms with Crippen LogP contribution in [0.3, 0.4) is 0 Å². The molecule has 0 bridgehead atoms. The molecular formula is C30H43FN4O3. The number of rotatable bonds is 7. The first kappa shape index (κ1) is 32.5. The zero-order valence-electron chi connectivity index (χ0n) is 24.2. The van der Waals surface area contributed by atoms with Crippen LogP contribution >= 0.6 is 0 Å². The van der Waals surface area contributed by atoms with Crippen molar-refractivity contribution in [2.75, 3.05) is 24.8 Å². The number of benzene rings is 2. The van der Waals surface area contributed by atoms with E-state index < -0.39 is 0 Å². The number of anilines is 2. The fourth-order valence-electron chi connectivity index (χ4n) is 3.20. The van der Waals surface area contributed by atoms with Gasteiger partial charge in [0, 0.05) is 37.2 Å². The Labute approximate surface area is 226 Å². The molecule has 1 heterocycles. The van der Waals surface area contributed by atoms with Crippen LogP contribution in [0.2, 0.25) is 0 Å². The Morgan fingerprint density at radius 3 is 2.05 bits per heavy atom. The average Bonchev–Trinajstić information content (AvgIpc) is 3.29. The Kier molecular flexibility index (Phi) is 12.9. The maximum atomic E-state index is 12.1. The van der Waals surface area contributed by atoms with Gasteiger partial charge in [-0.05, 0) is 109 Å². The third-order valence-corrected chi connectivity index (χ3v) is 5.52. The quantitative estimate of drug-likeness (QED) is 0.348. The normalized spacial score (nSPS) is 10.9. The molecule has 0 aliphatic rings. The molecule has 3 aromatic rings.